The molecule has 6 heteroatoms. The molecule has 1 aliphatic heterocycles. The Kier molecular flexibility index (Phi) is 4.61. The first-order valence-corrected chi connectivity index (χ1v) is 6.70. The van der Waals surface area contributed by atoms with Crippen LogP contribution in [0.15, 0.2) is 36.9 Å². The van der Waals surface area contributed by atoms with Crippen LogP contribution in [0.2, 0.25) is 0 Å². The minimum atomic E-state index is -1.76. The van der Waals surface area contributed by atoms with Gasteiger partial charge in [-0.1, -0.05) is 24.3 Å². The number of halogens is 1. The van der Waals surface area contributed by atoms with Crippen LogP contribution in [0.1, 0.15) is 18.1 Å². The molecule has 0 radical (unpaired) electrons. The first-order valence-electron chi connectivity index (χ1n) is 6.70. The molecule has 1 aliphatic rings. The Morgan fingerprint density at radius 1 is 1.32 bits per heavy atom. The standard InChI is InChI=1S/C16H17FO5/c1-4-10-9-16(14(18)20-2,15(19)21-3)13(22-10)11-7-5-6-8-12(11)17/h4-8,10,13H,1,9H2,2-3H3/t10-,13+/m0/s1. The zero-order valence-electron chi connectivity index (χ0n) is 12.4. The number of rotatable bonds is 4. The summed E-state index contributed by atoms with van der Waals surface area (Å²) in [5.74, 6) is -2.22. The van der Waals surface area contributed by atoms with E-state index in [0.717, 1.165) is 14.2 Å². The maximum Gasteiger partial charge on any atom is 0.326 e. The Balaban J connectivity index is 2.61. The van der Waals surface area contributed by atoms with Gasteiger partial charge in [-0.3, -0.25) is 9.59 Å². The first-order chi connectivity index (χ1) is 10.5. The van der Waals surface area contributed by atoms with E-state index in [1.807, 2.05) is 0 Å². The van der Waals surface area contributed by atoms with Crippen molar-refractivity contribution in [3.63, 3.8) is 0 Å². The SMILES string of the molecule is C=C[C@H]1CC(C(=O)OC)(C(=O)OC)[C@@H](c2ccccc2F)O1. The Hall–Kier alpha value is -2.21. The van der Waals surface area contributed by atoms with Gasteiger partial charge >= 0.3 is 11.9 Å². The molecule has 1 saturated heterocycles. The van der Waals surface area contributed by atoms with Crippen LogP contribution in [0, 0.1) is 11.2 Å². The Bertz CT molecular complexity index is 582. The lowest BCUT2D eigenvalue weighted by molar-refractivity contribution is -0.173. The van der Waals surface area contributed by atoms with Gasteiger partial charge in [0.15, 0.2) is 5.41 Å². The van der Waals surface area contributed by atoms with Gasteiger partial charge < -0.3 is 14.2 Å². The predicted molar refractivity (Wildman–Crippen MR) is 75.3 cm³/mol. The molecule has 2 atom stereocenters. The highest BCUT2D eigenvalue weighted by molar-refractivity contribution is 6.01. The molecule has 1 heterocycles. The van der Waals surface area contributed by atoms with Crippen molar-refractivity contribution < 1.29 is 28.2 Å². The van der Waals surface area contributed by atoms with Crippen molar-refractivity contribution in [1.82, 2.24) is 0 Å². The smallest absolute Gasteiger partial charge is 0.326 e. The number of hydrogen-bond donors (Lipinski definition) is 0. The molecule has 0 spiro atoms. The molecule has 0 bridgehead atoms. The highest BCUT2D eigenvalue weighted by atomic mass is 19.1. The number of hydrogen-bond acceptors (Lipinski definition) is 5. The summed E-state index contributed by atoms with van der Waals surface area (Å²) in [6.07, 6.45) is -0.296. The van der Waals surface area contributed by atoms with Gasteiger partial charge in [-0.05, 0) is 6.07 Å². The molecule has 22 heavy (non-hydrogen) atoms. The van der Waals surface area contributed by atoms with Gasteiger partial charge in [0.1, 0.15) is 11.9 Å². The maximum atomic E-state index is 14.1. The summed E-state index contributed by atoms with van der Waals surface area (Å²) in [4.78, 5) is 24.7. The van der Waals surface area contributed by atoms with Gasteiger partial charge in [-0.15, -0.1) is 6.58 Å². The van der Waals surface area contributed by atoms with E-state index < -0.39 is 35.4 Å². The topological polar surface area (TPSA) is 61.8 Å². The largest absolute Gasteiger partial charge is 0.468 e. The number of benzene rings is 1. The van der Waals surface area contributed by atoms with Crippen molar-refractivity contribution in [2.24, 2.45) is 5.41 Å². The zero-order chi connectivity index (χ0) is 16.3. The second kappa shape index (κ2) is 6.27. The average molecular weight is 308 g/mol. The lowest BCUT2D eigenvalue weighted by Gasteiger charge is -2.28. The summed E-state index contributed by atoms with van der Waals surface area (Å²) >= 11 is 0. The normalized spacial score (nSPS) is 22.9. The summed E-state index contributed by atoms with van der Waals surface area (Å²) in [5.41, 5.74) is -1.66. The van der Waals surface area contributed by atoms with Crippen LogP contribution in [-0.2, 0) is 23.8 Å². The highest BCUT2D eigenvalue weighted by Gasteiger charge is 2.62. The number of methoxy groups -OCH3 is 2. The first kappa shape index (κ1) is 16.2. The predicted octanol–water partition coefficient (Wildman–Crippen LogP) is 2.17. The third kappa shape index (κ3) is 2.39. The molecule has 0 N–H and O–H groups in total. The molecule has 0 unspecified atom stereocenters. The van der Waals surface area contributed by atoms with Crippen LogP contribution in [0.5, 0.6) is 0 Å². The summed E-state index contributed by atoms with van der Waals surface area (Å²) in [6, 6.07) is 5.81. The molecule has 0 saturated carbocycles. The van der Waals surface area contributed by atoms with Crippen LogP contribution in [-0.4, -0.2) is 32.3 Å². The molecule has 1 aromatic carbocycles. The quantitative estimate of drug-likeness (QED) is 0.485. The van der Waals surface area contributed by atoms with E-state index >= 15 is 0 Å². The fourth-order valence-electron chi connectivity index (χ4n) is 2.76. The number of carbonyl (C=O) groups excluding carboxylic acids is 2. The van der Waals surface area contributed by atoms with Crippen molar-refractivity contribution >= 4 is 11.9 Å². The van der Waals surface area contributed by atoms with E-state index in [4.69, 9.17) is 14.2 Å². The molecule has 1 aromatic rings. The van der Waals surface area contributed by atoms with Gasteiger partial charge in [-0.25, -0.2) is 4.39 Å². The lowest BCUT2D eigenvalue weighted by atomic mass is 9.76. The van der Waals surface area contributed by atoms with Crippen molar-refractivity contribution in [3.8, 4) is 0 Å². The van der Waals surface area contributed by atoms with Crippen molar-refractivity contribution in [1.29, 1.82) is 0 Å². The second-order valence-electron chi connectivity index (χ2n) is 4.97. The molecule has 1 fully saturated rings. The van der Waals surface area contributed by atoms with E-state index in [-0.39, 0.29) is 12.0 Å². The van der Waals surface area contributed by atoms with Crippen molar-refractivity contribution in [2.75, 3.05) is 14.2 Å². The number of esters is 2. The average Bonchev–Trinajstić information content (AvgIpc) is 2.94. The van der Waals surface area contributed by atoms with Crippen LogP contribution < -0.4 is 0 Å². The molecule has 118 valence electrons. The number of carbonyl (C=O) groups is 2. The molecule has 0 aliphatic carbocycles. The van der Waals surface area contributed by atoms with E-state index in [2.05, 4.69) is 6.58 Å². The summed E-state index contributed by atoms with van der Waals surface area (Å²) < 4.78 is 29.4. The highest BCUT2D eigenvalue weighted by Crippen LogP contribution is 2.50. The van der Waals surface area contributed by atoms with Gasteiger partial charge in [0.05, 0.1) is 20.3 Å². The lowest BCUT2D eigenvalue weighted by Crippen LogP contribution is -2.44. The molecule has 5 nitrogen and oxygen atoms in total. The second-order valence-corrected chi connectivity index (χ2v) is 4.97. The molecule has 2 rings (SSSR count). The fraction of sp³-hybridized carbons (Fsp3) is 0.375. The van der Waals surface area contributed by atoms with Crippen LogP contribution in [0.25, 0.3) is 0 Å². The Morgan fingerprint density at radius 3 is 2.41 bits per heavy atom. The van der Waals surface area contributed by atoms with Crippen LogP contribution in [0.4, 0.5) is 4.39 Å². The molecule has 0 aromatic heterocycles. The van der Waals surface area contributed by atoms with E-state index in [9.17, 15) is 14.0 Å². The molecular formula is C16H17FO5. The molecular weight excluding hydrogens is 291 g/mol. The third-order valence-electron chi connectivity index (χ3n) is 3.83. The van der Waals surface area contributed by atoms with E-state index in [0.29, 0.717) is 0 Å². The Morgan fingerprint density at radius 2 is 1.91 bits per heavy atom. The van der Waals surface area contributed by atoms with Crippen LogP contribution in [0.3, 0.4) is 0 Å². The summed E-state index contributed by atoms with van der Waals surface area (Å²) in [5, 5.41) is 0. The van der Waals surface area contributed by atoms with Crippen molar-refractivity contribution in [2.45, 2.75) is 18.6 Å². The van der Waals surface area contributed by atoms with Gasteiger partial charge in [0.2, 0.25) is 0 Å². The monoisotopic (exact) mass is 308 g/mol. The van der Waals surface area contributed by atoms with Gasteiger partial charge in [-0.2, -0.15) is 0 Å². The summed E-state index contributed by atoms with van der Waals surface area (Å²) in [7, 11) is 2.32. The van der Waals surface area contributed by atoms with Crippen LogP contribution >= 0.6 is 0 Å². The fourth-order valence-corrected chi connectivity index (χ4v) is 2.76. The molecule has 0 amide bonds. The minimum absolute atomic E-state index is 0.0190. The Labute approximate surface area is 127 Å². The third-order valence-corrected chi connectivity index (χ3v) is 3.83. The van der Waals surface area contributed by atoms with Gasteiger partial charge in [0.25, 0.3) is 0 Å². The zero-order valence-corrected chi connectivity index (χ0v) is 12.4. The maximum absolute atomic E-state index is 14.1. The van der Waals surface area contributed by atoms with Gasteiger partial charge in [0, 0.05) is 12.0 Å². The minimum Gasteiger partial charge on any atom is -0.468 e. The van der Waals surface area contributed by atoms with E-state index in [1.54, 1.807) is 6.07 Å². The summed E-state index contributed by atoms with van der Waals surface area (Å²) in [6.45, 7) is 3.61. The van der Waals surface area contributed by atoms with Crippen molar-refractivity contribution in [3.05, 3.63) is 48.3 Å². The van der Waals surface area contributed by atoms with E-state index in [1.165, 1.54) is 24.3 Å². The number of ether oxygens (including phenoxy) is 3.